The summed E-state index contributed by atoms with van der Waals surface area (Å²) in [5.41, 5.74) is 0.207. The summed E-state index contributed by atoms with van der Waals surface area (Å²) in [6, 6.07) is 0.139. The number of hydrogen-bond acceptors (Lipinski definition) is 3. The van der Waals surface area contributed by atoms with Crippen LogP contribution < -0.4 is 5.32 Å². The van der Waals surface area contributed by atoms with E-state index in [1.807, 2.05) is 24.6 Å². The highest BCUT2D eigenvalue weighted by atomic mass is 16.5. The van der Waals surface area contributed by atoms with Gasteiger partial charge in [0.2, 0.25) is 5.91 Å². The van der Waals surface area contributed by atoms with Gasteiger partial charge in [0.15, 0.2) is 0 Å². The van der Waals surface area contributed by atoms with Gasteiger partial charge >= 0.3 is 0 Å². The molecule has 5 nitrogen and oxygen atoms in total. The minimum absolute atomic E-state index is 0.1000. The highest BCUT2D eigenvalue weighted by Gasteiger charge is 2.42. The van der Waals surface area contributed by atoms with Crippen LogP contribution in [0.25, 0.3) is 0 Å². The van der Waals surface area contributed by atoms with Crippen molar-refractivity contribution in [3.05, 3.63) is 18.2 Å². The molecular weight excluding hydrogens is 242 g/mol. The average molecular weight is 265 g/mol. The summed E-state index contributed by atoms with van der Waals surface area (Å²) in [4.78, 5) is 16.1. The van der Waals surface area contributed by atoms with Gasteiger partial charge in [-0.1, -0.05) is 0 Å². The zero-order valence-corrected chi connectivity index (χ0v) is 12.0. The van der Waals surface area contributed by atoms with Crippen LogP contribution in [0, 0.1) is 12.3 Å². The fourth-order valence-electron chi connectivity index (χ4n) is 2.43. The standard InChI is InChI=1S/C14H23N3O2/c1-11(17-7-6-15-12(17)2)8-13(18)16-9-14(4-5-14)10-19-3/h6-7,11H,4-5,8-10H2,1-3H3,(H,16,18)/t11-/m0/s1. The second kappa shape index (κ2) is 5.74. The van der Waals surface area contributed by atoms with Gasteiger partial charge in [-0.25, -0.2) is 4.98 Å². The smallest absolute Gasteiger partial charge is 0.222 e. The Bertz CT molecular complexity index is 438. The summed E-state index contributed by atoms with van der Waals surface area (Å²) in [6.45, 7) is 5.46. The molecule has 19 heavy (non-hydrogen) atoms. The molecule has 0 spiro atoms. The number of carbonyl (C=O) groups excluding carboxylic acids is 1. The van der Waals surface area contributed by atoms with Gasteiger partial charge in [-0.15, -0.1) is 0 Å². The van der Waals surface area contributed by atoms with Crippen molar-refractivity contribution >= 4 is 5.91 Å². The van der Waals surface area contributed by atoms with Crippen LogP contribution in [0.4, 0.5) is 0 Å². The Balaban J connectivity index is 1.77. The number of rotatable bonds is 7. The first-order chi connectivity index (χ1) is 9.06. The Morgan fingerprint density at radius 1 is 1.63 bits per heavy atom. The van der Waals surface area contributed by atoms with E-state index in [-0.39, 0.29) is 17.4 Å². The molecule has 2 rings (SSSR count). The van der Waals surface area contributed by atoms with Gasteiger partial charge in [-0.05, 0) is 26.7 Å². The molecule has 0 radical (unpaired) electrons. The number of aromatic nitrogens is 2. The van der Waals surface area contributed by atoms with Gasteiger partial charge in [0.1, 0.15) is 5.82 Å². The molecule has 0 aliphatic heterocycles. The van der Waals surface area contributed by atoms with Gasteiger partial charge in [0, 0.05) is 43.9 Å². The predicted molar refractivity (Wildman–Crippen MR) is 72.8 cm³/mol. The Morgan fingerprint density at radius 2 is 2.37 bits per heavy atom. The first-order valence-corrected chi connectivity index (χ1v) is 6.81. The maximum Gasteiger partial charge on any atom is 0.222 e. The lowest BCUT2D eigenvalue weighted by Gasteiger charge is -2.17. The minimum atomic E-state index is 0.1000. The van der Waals surface area contributed by atoms with Crippen molar-refractivity contribution in [3.8, 4) is 0 Å². The third-order valence-corrected chi connectivity index (χ3v) is 3.89. The molecule has 0 bridgehead atoms. The van der Waals surface area contributed by atoms with Crippen LogP contribution in [0.15, 0.2) is 12.4 Å². The van der Waals surface area contributed by atoms with Crippen LogP contribution in [-0.4, -0.2) is 35.7 Å². The largest absolute Gasteiger partial charge is 0.384 e. The minimum Gasteiger partial charge on any atom is -0.384 e. The van der Waals surface area contributed by atoms with Gasteiger partial charge in [-0.3, -0.25) is 4.79 Å². The molecule has 1 N–H and O–H groups in total. The van der Waals surface area contributed by atoms with E-state index < -0.39 is 0 Å². The third-order valence-electron chi connectivity index (χ3n) is 3.89. The Hall–Kier alpha value is -1.36. The number of nitrogens with one attached hydrogen (secondary N) is 1. The normalized spacial score (nSPS) is 18.1. The lowest BCUT2D eigenvalue weighted by molar-refractivity contribution is -0.122. The highest BCUT2D eigenvalue weighted by molar-refractivity contribution is 5.76. The molecule has 0 unspecified atom stereocenters. The lowest BCUT2D eigenvalue weighted by Crippen LogP contribution is -2.33. The van der Waals surface area contributed by atoms with E-state index in [1.165, 1.54) is 0 Å². The van der Waals surface area contributed by atoms with Crippen LogP contribution in [0.3, 0.4) is 0 Å². The van der Waals surface area contributed by atoms with Crippen LogP contribution >= 0.6 is 0 Å². The van der Waals surface area contributed by atoms with Crippen molar-refractivity contribution in [1.29, 1.82) is 0 Å². The molecule has 106 valence electrons. The molecule has 0 saturated heterocycles. The molecule has 1 fully saturated rings. The van der Waals surface area contributed by atoms with E-state index in [0.717, 1.165) is 31.8 Å². The van der Waals surface area contributed by atoms with E-state index in [4.69, 9.17) is 4.74 Å². The van der Waals surface area contributed by atoms with Gasteiger partial charge < -0.3 is 14.6 Å². The van der Waals surface area contributed by atoms with Crippen molar-refractivity contribution in [2.75, 3.05) is 20.3 Å². The molecule has 1 saturated carbocycles. The number of carbonyl (C=O) groups is 1. The summed E-state index contributed by atoms with van der Waals surface area (Å²) >= 11 is 0. The Labute approximate surface area is 114 Å². The second-order valence-corrected chi connectivity index (χ2v) is 5.64. The van der Waals surface area contributed by atoms with Crippen molar-refractivity contribution < 1.29 is 9.53 Å². The van der Waals surface area contributed by atoms with Gasteiger partial charge in [-0.2, -0.15) is 0 Å². The van der Waals surface area contributed by atoms with Crippen molar-refractivity contribution in [2.45, 2.75) is 39.2 Å². The second-order valence-electron chi connectivity index (χ2n) is 5.64. The van der Waals surface area contributed by atoms with E-state index >= 15 is 0 Å². The predicted octanol–water partition coefficient (Wildman–Crippen LogP) is 1.69. The lowest BCUT2D eigenvalue weighted by atomic mass is 10.1. The average Bonchev–Trinajstić information content (AvgIpc) is 2.99. The molecule has 1 aromatic heterocycles. The topological polar surface area (TPSA) is 56.1 Å². The molecule has 1 atom stereocenters. The highest BCUT2D eigenvalue weighted by Crippen LogP contribution is 2.45. The first-order valence-electron chi connectivity index (χ1n) is 6.81. The zero-order valence-electron chi connectivity index (χ0n) is 12.0. The number of amides is 1. The number of imidazole rings is 1. The van der Waals surface area contributed by atoms with Crippen LogP contribution in [0.5, 0.6) is 0 Å². The monoisotopic (exact) mass is 265 g/mol. The molecule has 0 aromatic carbocycles. The molecule has 1 aliphatic carbocycles. The number of hydrogen-bond donors (Lipinski definition) is 1. The van der Waals surface area contributed by atoms with Gasteiger partial charge in [0.05, 0.1) is 6.61 Å². The van der Waals surface area contributed by atoms with Crippen LogP contribution in [0.2, 0.25) is 0 Å². The summed E-state index contributed by atoms with van der Waals surface area (Å²) < 4.78 is 7.22. The molecule has 1 aromatic rings. The van der Waals surface area contributed by atoms with E-state index in [0.29, 0.717) is 6.42 Å². The Morgan fingerprint density at radius 3 is 2.89 bits per heavy atom. The van der Waals surface area contributed by atoms with Crippen LogP contribution in [0.1, 0.15) is 38.1 Å². The van der Waals surface area contributed by atoms with Crippen LogP contribution in [-0.2, 0) is 9.53 Å². The Kier molecular flexibility index (Phi) is 4.24. The third kappa shape index (κ3) is 3.56. The fourth-order valence-corrected chi connectivity index (χ4v) is 2.43. The van der Waals surface area contributed by atoms with Crippen molar-refractivity contribution in [1.82, 2.24) is 14.9 Å². The van der Waals surface area contributed by atoms with E-state index in [9.17, 15) is 4.79 Å². The quantitative estimate of drug-likeness (QED) is 0.816. The number of ether oxygens (including phenoxy) is 1. The maximum atomic E-state index is 12.0. The van der Waals surface area contributed by atoms with E-state index in [1.54, 1.807) is 13.3 Å². The van der Waals surface area contributed by atoms with Crippen molar-refractivity contribution in [2.24, 2.45) is 5.41 Å². The summed E-state index contributed by atoms with van der Waals surface area (Å²) in [6.07, 6.45) is 6.47. The maximum absolute atomic E-state index is 12.0. The molecular formula is C14H23N3O2. The van der Waals surface area contributed by atoms with Gasteiger partial charge in [0.25, 0.3) is 0 Å². The zero-order chi connectivity index (χ0) is 13.9. The molecule has 1 amide bonds. The SMILES string of the molecule is COCC1(CNC(=O)C[C@H](C)n2ccnc2C)CC1. The molecule has 5 heteroatoms. The molecule has 1 aliphatic rings. The van der Waals surface area contributed by atoms with E-state index in [2.05, 4.69) is 10.3 Å². The summed E-state index contributed by atoms with van der Waals surface area (Å²) in [7, 11) is 1.71. The van der Waals surface area contributed by atoms with Crippen molar-refractivity contribution in [3.63, 3.8) is 0 Å². The molecule has 1 heterocycles. The summed E-state index contributed by atoms with van der Waals surface area (Å²) in [5.74, 6) is 1.04. The number of aryl methyl sites for hydroxylation is 1. The summed E-state index contributed by atoms with van der Waals surface area (Å²) in [5, 5.41) is 3.03. The number of methoxy groups -OCH3 is 1. The first kappa shape index (κ1) is 14.1. The number of nitrogens with zero attached hydrogens (tertiary/aromatic N) is 2. The fraction of sp³-hybridized carbons (Fsp3) is 0.714.